The summed E-state index contributed by atoms with van der Waals surface area (Å²) in [5.41, 5.74) is 1.81. The first-order valence-corrected chi connectivity index (χ1v) is 11.1. The number of nitrogens with one attached hydrogen (secondary N) is 2. The fourth-order valence-corrected chi connectivity index (χ4v) is 5.18. The van der Waals surface area contributed by atoms with Crippen LogP contribution in [0, 0.1) is 0 Å². The Kier molecular flexibility index (Phi) is 6.87. The van der Waals surface area contributed by atoms with E-state index in [2.05, 4.69) is 10.0 Å². The van der Waals surface area contributed by atoms with Crippen molar-refractivity contribution in [2.24, 2.45) is 0 Å². The van der Waals surface area contributed by atoms with Gasteiger partial charge in [0.2, 0.25) is 0 Å². The molecule has 0 fully saturated rings. The van der Waals surface area contributed by atoms with Crippen molar-refractivity contribution >= 4 is 27.3 Å². The number of benzene rings is 2. The van der Waals surface area contributed by atoms with Gasteiger partial charge in [0.05, 0.1) is 24.8 Å². The molecule has 158 valence electrons. The summed E-state index contributed by atoms with van der Waals surface area (Å²) < 4.78 is 52.2. The van der Waals surface area contributed by atoms with Crippen molar-refractivity contribution < 1.29 is 22.3 Å². The molecular formula is C20H24ClFN2O4S. The van der Waals surface area contributed by atoms with E-state index >= 15 is 0 Å². The molecule has 0 saturated heterocycles. The van der Waals surface area contributed by atoms with Gasteiger partial charge in [-0.3, -0.25) is 4.72 Å². The van der Waals surface area contributed by atoms with E-state index in [1.54, 1.807) is 31.4 Å². The summed E-state index contributed by atoms with van der Waals surface area (Å²) >= 11 is 6.02. The van der Waals surface area contributed by atoms with Gasteiger partial charge in [-0.25, -0.2) is 12.8 Å². The van der Waals surface area contributed by atoms with Crippen molar-refractivity contribution in [3.05, 3.63) is 46.5 Å². The summed E-state index contributed by atoms with van der Waals surface area (Å²) in [5.74, 6) is 1.00. The lowest BCUT2D eigenvalue weighted by Crippen LogP contribution is -2.36. The highest BCUT2D eigenvalue weighted by molar-refractivity contribution is 7.92. The standard InChI is InChI=1S/C20H24ClFN2O4S/c1-27-18-7-8-20(15-5-4-14(12-16(15)18)23-10-9-22)29(25,26)24-17-11-13(21)3-6-19(17)28-2/h3,6-8,11,14,23-24H,4-5,9-10,12H2,1-2H3/t14-/m0/s1. The van der Waals surface area contributed by atoms with Gasteiger partial charge in [-0.1, -0.05) is 11.6 Å². The van der Waals surface area contributed by atoms with E-state index in [1.165, 1.54) is 13.2 Å². The van der Waals surface area contributed by atoms with Gasteiger partial charge in [-0.2, -0.15) is 0 Å². The molecule has 1 aliphatic rings. The minimum atomic E-state index is -3.89. The zero-order valence-corrected chi connectivity index (χ0v) is 17.9. The Morgan fingerprint density at radius 1 is 1.14 bits per heavy atom. The first-order valence-electron chi connectivity index (χ1n) is 9.24. The molecule has 0 spiro atoms. The van der Waals surface area contributed by atoms with E-state index in [1.807, 2.05) is 0 Å². The van der Waals surface area contributed by atoms with Gasteiger partial charge in [0.1, 0.15) is 18.2 Å². The Balaban J connectivity index is 1.98. The van der Waals surface area contributed by atoms with Crippen LogP contribution in [-0.2, 0) is 22.9 Å². The molecule has 0 unspecified atom stereocenters. The zero-order valence-electron chi connectivity index (χ0n) is 16.3. The first-order chi connectivity index (χ1) is 13.9. The summed E-state index contributed by atoms with van der Waals surface area (Å²) in [7, 11) is -0.876. The second-order valence-electron chi connectivity index (χ2n) is 6.76. The monoisotopic (exact) mass is 442 g/mol. The number of methoxy groups -OCH3 is 2. The molecule has 0 saturated carbocycles. The van der Waals surface area contributed by atoms with E-state index in [0.717, 1.165) is 11.1 Å². The minimum Gasteiger partial charge on any atom is -0.496 e. The Morgan fingerprint density at radius 3 is 2.55 bits per heavy atom. The van der Waals surface area contributed by atoms with E-state index in [4.69, 9.17) is 21.1 Å². The molecule has 2 aromatic carbocycles. The molecular weight excluding hydrogens is 419 g/mol. The third kappa shape index (κ3) is 4.76. The molecule has 0 aliphatic heterocycles. The van der Waals surface area contributed by atoms with Gasteiger partial charge in [0, 0.05) is 23.2 Å². The second kappa shape index (κ2) is 9.19. The first kappa shape index (κ1) is 21.7. The molecule has 0 radical (unpaired) electrons. The number of alkyl halides is 1. The quantitative estimate of drug-likeness (QED) is 0.653. The van der Waals surface area contributed by atoms with Crippen molar-refractivity contribution in [3.8, 4) is 11.5 Å². The van der Waals surface area contributed by atoms with Crippen LogP contribution in [0.3, 0.4) is 0 Å². The van der Waals surface area contributed by atoms with Gasteiger partial charge in [-0.15, -0.1) is 0 Å². The molecule has 29 heavy (non-hydrogen) atoms. The average molecular weight is 443 g/mol. The maximum atomic E-state index is 13.2. The number of hydrogen-bond acceptors (Lipinski definition) is 5. The van der Waals surface area contributed by atoms with Crippen LogP contribution in [0.1, 0.15) is 17.5 Å². The van der Waals surface area contributed by atoms with Crippen LogP contribution in [0.5, 0.6) is 11.5 Å². The van der Waals surface area contributed by atoms with Crippen molar-refractivity contribution in [2.45, 2.75) is 30.2 Å². The average Bonchev–Trinajstić information content (AvgIpc) is 2.71. The topological polar surface area (TPSA) is 76.7 Å². The van der Waals surface area contributed by atoms with E-state index in [-0.39, 0.29) is 23.2 Å². The fourth-order valence-electron chi connectivity index (χ4n) is 3.65. The minimum absolute atomic E-state index is 0.0751. The molecule has 0 aromatic heterocycles. The van der Waals surface area contributed by atoms with Gasteiger partial charge in [0.25, 0.3) is 10.0 Å². The summed E-state index contributed by atoms with van der Waals surface area (Å²) in [6.45, 7) is -0.170. The molecule has 0 bridgehead atoms. The predicted octanol–water partition coefficient (Wildman–Crippen LogP) is 3.57. The molecule has 3 rings (SSSR count). The third-order valence-corrected chi connectivity index (χ3v) is 6.67. The Labute approximate surface area is 175 Å². The number of fused-ring (bicyclic) bond motifs is 1. The van der Waals surface area contributed by atoms with Crippen molar-refractivity contribution in [2.75, 3.05) is 32.2 Å². The Morgan fingerprint density at radius 2 is 1.86 bits per heavy atom. The molecule has 0 heterocycles. The summed E-state index contributed by atoms with van der Waals surface area (Å²) in [6, 6.07) is 8.01. The molecule has 6 nitrogen and oxygen atoms in total. The summed E-state index contributed by atoms with van der Waals surface area (Å²) in [6.07, 6.45) is 1.82. The molecule has 2 N–H and O–H groups in total. The zero-order chi connectivity index (χ0) is 21.0. The van der Waals surface area contributed by atoms with E-state index < -0.39 is 16.7 Å². The number of anilines is 1. The number of hydrogen-bond donors (Lipinski definition) is 2. The molecule has 2 aromatic rings. The van der Waals surface area contributed by atoms with Crippen molar-refractivity contribution in [1.29, 1.82) is 0 Å². The van der Waals surface area contributed by atoms with Crippen LogP contribution < -0.4 is 19.5 Å². The van der Waals surface area contributed by atoms with Crippen LogP contribution in [0.2, 0.25) is 5.02 Å². The maximum absolute atomic E-state index is 13.2. The fraction of sp³-hybridized carbons (Fsp3) is 0.400. The van der Waals surface area contributed by atoms with Crippen LogP contribution in [0.15, 0.2) is 35.2 Å². The van der Waals surface area contributed by atoms with Crippen molar-refractivity contribution in [1.82, 2.24) is 5.32 Å². The molecule has 1 atom stereocenters. The highest BCUT2D eigenvalue weighted by atomic mass is 35.5. The van der Waals surface area contributed by atoms with E-state index in [0.29, 0.717) is 35.8 Å². The Hall–Kier alpha value is -2.03. The highest BCUT2D eigenvalue weighted by Gasteiger charge is 2.29. The van der Waals surface area contributed by atoms with Crippen LogP contribution in [0.4, 0.5) is 10.1 Å². The van der Waals surface area contributed by atoms with Crippen LogP contribution in [-0.4, -0.2) is 41.9 Å². The lowest BCUT2D eigenvalue weighted by molar-refractivity contribution is 0.381. The lowest BCUT2D eigenvalue weighted by Gasteiger charge is -2.28. The molecule has 9 heteroatoms. The maximum Gasteiger partial charge on any atom is 0.262 e. The number of halogens is 2. The van der Waals surface area contributed by atoms with Crippen LogP contribution >= 0.6 is 11.6 Å². The van der Waals surface area contributed by atoms with Crippen molar-refractivity contribution in [3.63, 3.8) is 0 Å². The van der Waals surface area contributed by atoms with Gasteiger partial charge in [-0.05, 0) is 55.2 Å². The highest BCUT2D eigenvalue weighted by Crippen LogP contribution is 2.36. The smallest absolute Gasteiger partial charge is 0.262 e. The lowest BCUT2D eigenvalue weighted by atomic mass is 9.87. The second-order valence-corrected chi connectivity index (χ2v) is 8.84. The van der Waals surface area contributed by atoms with Gasteiger partial charge in [0.15, 0.2) is 0 Å². The summed E-state index contributed by atoms with van der Waals surface area (Å²) in [5, 5.41) is 3.55. The normalized spacial score (nSPS) is 16.2. The largest absolute Gasteiger partial charge is 0.496 e. The summed E-state index contributed by atoms with van der Waals surface area (Å²) in [4.78, 5) is 0.194. The number of rotatable bonds is 8. The SMILES string of the molecule is COc1ccc(Cl)cc1NS(=O)(=O)c1ccc(OC)c2c1CC[C@H](NCCF)C2. The number of sulfonamides is 1. The van der Waals surface area contributed by atoms with E-state index in [9.17, 15) is 12.8 Å². The van der Waals surface area contributed by atoms with Gasteiger partial charge < -0.3 is 14.8 Å². The number of ether oxygens (including phenoxy) is 2. The van der Waals surface area contributed by atoms with Crippen LogP contribution in [0.25, 0.3) is 0 Å². The Bertz CT molecular complexity index is 985. The molecule has 0 amide bonds. The third-order valence-electron chi connectivity index (χ3n) is 4.98. The molecule has 1 aliphatic carbocycles. The predicted molar refractivity (Wildman–Crippen MR) is 112 cm³/mol. The van der Waals surface area contributed by atoms with Gasteiger partial charge >= 0.3 is 0 Å².